The van der Waals surface area contributed by atoms with Crippen molar-refractivity contribution in [3.05, 3.63) is 28.3 Å². The Kier molecular flexibility index (Phi) is 3.19. The van der Waals surface area contributed by atoms with Crippen molar-refractivity contribution in [3.63, 3.8) is 0 Å². The number of rotatable bonds is 2. The lowest BCUT2D eigenvalue weighted by Gasteiger charge is -2.37. The Labute approximate surface area is 137 Å². The third-order valence-corrected chi connectivity index (χ3v) is 4.80. The van der Waals surface area contributed by atoms with E-state index in [9.17, 15) is 4.79 Å². The molecule has 1 aliphatic heterocycles. The maximum atomic E-state index is 12.2. The van der Waals surface area contributed by atoms with Crippen LogP contribution in [0.4, 0.5) is 5.95 Å². The van der Waals surface area contributed by atoms with Gasteiger partial charge in [0.1, 0.15) is 5.39 Å². The van der Waals surface area contributed by atoms with E-state index in [-0.39, 0.29) is 11.0 Å². The number of aromatic nitrogens is 6. The summed E-state index contributed by atoms with van der Waals surface area (Å²) < 4.78 is 6.98. The monoisotopic (exact) mass is 329 g/mol. The van der Waals surface area contributed by atoms with Gasteiger partial charge in [0.2, 0.25) is 11.8 Å². The second-order valence-electron chi connectivity index (χ2n) is 6.59. The van der Waals surface area contributed by atoms with Gasteiger partial charge in [0.15, 0.2) is 11.5 Å². The molecule has 1 aliphatic rings. The molecule has 0 amide bonds. The fourth-order valence-electron chi connectivity index (χ4n) is 3.14. The molecule has 3 aromatic rings. The molecule has 0 unspecified atom stereocenters. The van der Waals surface area contributed by atoms with E-state index >= 15 is 0 Å². The van der Waals surface area contributed by atoms with Crippen molar-refractivity contribution in [3.8, 4) is 0 Å². The number of fused-ring (bicyclic) bond motifs is 1. The zero-order valence-corrected chi connectivity index (χ0v) is 13.9. The van der Waals surface area contributed by atoms with Gasteiger partial charge in [-0.25, -0.2) is 0 Å². The average Bonchev–Trinajstić information content (AvgIpc) is 3.16. The first-order valence-corrected chi connectivity index (χ1v) is 7.94. The molecule has 0 aromatic carbocycles. The fourth-order valence-corrected chi connectivity index (χ4v) is 3.14. The van der Waals surface area contributed by atoms with Gasteiger partial charge in [0.25, 0.3) is 5.56 Å². The zero-order valence-electron chi connectivity index (χ0n) is 13.9. The van der Waals surface area contributed by atoms with Crippen molar-refractivity contribution in [1.29, 1.82) is 0 Å². The first-order chi connectivity index (χ1) is 11.5. The Morgan fingerprint density at radius 2 is 2.04 bits per heavy atom. The van der Waals surface area contributed by atoms with Crippen molar-refractivity contribution >= 4 is 17.0 Å². The highest BCUT2D eigenvalue weighted by Gasteiger charge is 2.37. The second kappa shape index (κ2) is 5.15. The van der Waals surface area contributed by atoms with E-state index in [1.807, 2.05) is 6.92 Å². The number of aromatic amines is 1. The summed E-state index contributed by atoms with van der Waals surface area (Å²) in [4.78, 5) is 26.1. The second-order valence-corrected chi connectivity index (χ2v) is 6.59. The summed E-state index contributed by atoms with van der Waals surface area (Å²) in [6, 6.07) is 0. The Morgan fingerprint density at radius 1 is 1.29 bits per heavy atom. The molecule has 0 bridgehead atoms. The van der Waals surface area contributed by atoms with Crippen LogP contribution in [0, 0.1) is 6.92 Å². The quantitative estimate of drug-likeness (QED) is 0.744. The van der Waals surface area contributed by atoms with E-state index in [0.717, 1.165) is 25.9 Å². The average molecular weight is 329 g/mol. The number of hydrogen-bond acceptors (Lipinski definition) is 7. The molecular formula is C15H19N7O2. The maximum Gasteiger partial charge on any atom is 0.263 e. The van der Waals surface area contributed by atoms with Crippen LogP contribution in [0.1, 0.15) is 31.5 Å². The lowest BCUT2D eigenvalue weighted by atomic mass is 9.80. The molecule has 3 aromatic heterocycles. The Hall–Kier alpha value is -2.71. The van der Waals surface area contributed by atoms with Gasteiger partial charge in [-0.1, -0.05) is 12.1 Å². The molecule has 9 nitrogen and oxygen atoms in total. The van der Waals surface area contributed by atoms with Crippen LogP contribution in [0.15, 0.2) is 15.5 Å². The van der Waals surface area contributed by atoms with Crippen molar-refractivity contribution in [2.24, 2.45) is 7.05 Å². The van der Waals surface area contributed by atoms with E-state index in [2.05, 4.69) is 37.0 Å². The third kappa shape index (κ3) is 2.27. The van der Waals surface area contributed by atoms with E-state index in [1.165, 1.54) is 6.20 Å². The summed E-state index contributed by atoms with van der Waals surface area (Å²) in [7, 11) is 1.78. The topological polar surface area (TPSA) is 106 Å². The van der Waals surface area contributed by atoms with E-state index in [1.54, 1.807) is 11.7 Å². The molecule has 4 heterocycles. The standard InChI is InChI=1S/C15H19N7O2/c1-9-17-13(24-20-9)15(2)4-6-22(7-5-15)14-18-11-10(12(23)19-14)8-16-21(11)3/h8H,4-7H2,1-3H3,(H,18,19,23). The van der Waals surface area contributed by atoms with Crippen LogP contribution in [0.25, 0.3) is 11.0 Å². The lowest BCUT2D eigenvalue weighted by molar-refractivity contribution is 0.251. The predicted octanol–water partition coefficient (Wildman–Crippen LogP) is 0.906. The first-order valence-electron chi connectivity index (χ1n) is 7.94. The minimum absolute atomic E-state index is 0.144. The lowest BCUT2D eigenvalue weighted by Crippen LogP contribution is -2.42. The number of aryl methyl sites for hydroxylation is 2. The van der Waals surface area contributed by atoms with E-state index in [0.29, 0.717) is 28.7 Å². The number of nitrogens with zero attached hydrogens (tertiary/aromatic N) is 6. The summed E-state index contributed by atoms with van der Waals surface area (Å²) in [5.74, 6) is 1.92. The van der Waals surface area contributed by atoms with Crippen LogP contribution < -0.4 is 10.5 Å². The number of anilines is 1. The first kappa shape index (κ1) is 14.9. The minimum Gasteiger partial charge on any atom is -0.342 e. The summed E-state index contributed by atoms with van der Waals surface area (Å²) in [6.45, 7) is 5.47. The molecule has 9 heteroatoms. The molecule has 0 radical (unpaired) electrons. The Morgan fingerprint density at radius 3 is 2.71 bits per heavy atom. The van der Waals surface area contributed by atoms with Gasteiger partial charge in [-0.05, 0) is 19.8 Å². The van der Waals surface area contributed by atoms with Crippen molar-refractivity contribution in [2.45, 2.75) is 32.1 Å². The molecule has 0 spiro atoms. The van der Waals surface area contributed by atoms with Crippen LogP contribution >= 0.6 is 0 Å². The Bertz CT molecular complexity index is 946. The van der Waals surface area contributed by atoms with Crippen LogP contribution in [0.3, 0.4) is 0 Å². The van der Waals surface area contributed by atoms with Gasteiger partial charge < -0.3 is 9.42 Å². The predicted molar refractivity (Wildman–Crippen MR) is 87.0 cm³/mol. The third-order valence-electron chi connectivity index (χ3n) is 4.80. The smallest absolute Gasteiger partial charge is 0.263 e. The normalized spacial score (nSPS) is 17.5. The van der Waals surface area contributed by atoms with Crippen LogP contribution in [0.2, 0.25) is 0 Å². The van der Waals surface area contributed by atoms with Gasteiger partial charge in [-0.3, -0.25) is 14.5 Å². The highest BCUT2D eigenvalue weighted by atomic mass is 16.5. The maximum absolute atomic E-state index is 12.2. The largest absolute Gasteiger partial charge is 0.342 e. The molecule has 0 aliphatic carbocycles. The van der Waals surface area contributed by atoms with Gasteiger partial charge in [0.05, 0.1) is 11.6 Å². The van der Waals surface area contributed by atoms with Gasteiger partial charge in [-0.2, -0.15) is 15.1 Å². The number of piperidine rings is 1. The van der Waals surface area contributed by atoms with Gasteiger partial charge in [-0.15, -0.1) is 0 Å². The number of hydrogen-bond donors (Lipinski definition) is 1. The molecule has 4 rings (SSSR count). The summed E-state index contributed by atoms with van der Waals surface area (Å²) >= 11 is 0. The molecule has 1 saturated heterocycles. The Balaban J connectivity index is 1.60. The number of H-pyrrole nitrogens is 1. The molecule has 24 heavy (non-hydrogen) atoms. The molecule has 126 valence electrons. The van der Waals surface area contributed by atoms with Crippen molar-refractivity contribution in [2.75, 3.05) is 18.0 Å². The summed E-state index contributed by atoms with van der Waals surface area (Å²) in [5.41, 5.74) is 0.285. The van der Waals surface area contributed by atoms with Crippen LogP contribution in [0.5, 0.6) is 0 Å². The van der Waals surface area contributed by atoms with Gasteiger partial charge >= 0.3 is 0 Å². The minimum atomic E-state index is -0.163. The van der Waals surface area contributed by atoms with Crippen LogP contribution in [-0.4, -0.2) is 43.0 Å². The SMILES string of the molecule is Cc1noc(C2(C)CCN(c3nc4c(cnn4C)c(=O)[nH]3)CC2)n1. The fraction of sp³-hybridized carbons (Fsp3) is 0.533. The molecular weight excluding hydrogens is 310 g/mol. The summed E-state index contributed by atoms with van der Waals surface area (Å²) in [5, 5.41) is 8.49. The highest BCUT2D eigenvalue weighted by Crippen LogP contribution is 2.34. The molecule has 1 fully saturated rings. The van der Waals surface area contributed by atoms with Crippen LogP contribution in [-0.2, 0) is 12.5 Å². The molecule has 0 saturated carbocycles. The van der Waals surface area contributed by atoms with Gasteiger partial charge in [0, 0.05) is 20.1 Å². The number of nitrogens with one attached hydrogen (secondary N) is 1. The van der Waals surface area contributed by atoms with E-state index in [4.69, 9.17) is 4.52 Å². The molecule has 1 N–H and O–H groups in total. The zero-order chi connectivity index (χ0) is 16.9. The molecule has 0 atom stereocenters. The van der Waals surface area contributed by atoms with Crippen molar-refractivity contribution < 1.29 is 4.52 Å². The van der Waals surface area contributed by atoms with Crippen molar-refractivity contribution in [1.82, 2.24) is 29.9 Å². The highest BCUT2D eigenvalue weighted by molar-refractivity contribution is 5.74. The van der Waals surface area contributed by atoms with E-state index < -0.39 is 0 Å². The summed E-state index contributed by atoms with van der Waals surface area (Å²) in [6.07, 6.45) is 3.24.